The van der Waals surface area contributed by atoms with Crippen molar-refractivity contribution >= 4 is 23.2 Å². The fraction of sp³-hybridized carbons (Fsp3) is 0.545. The number of nitrogens with one attached hydrogen (secondary N) is 1. The minimum Gasteiger partial charge on any atom is -0.347 e. The van der Waals surface area contributed by atoms with E-state index in [-0.39, 0.29) is 11.9 Å². The van der Waals surface area contributed by atoms with Gasteiger partial charge in [-0.05, 0) is 18.6 Å². The molecule has 1 saturated heterocycles. The van der Waals surface area contributed by atoms with Crippen LogP contribution in [0.5, 0.6) is 0 Å². The van der Waals surface area contributed by atoms with Crippen molar-refractivity contribution in [2.45, 2.75) is 32.4 Å². The molecule has 0 saturated carbocycles. The summed E-state index contributed by atoms with van der Waals surface area (Å²) in [7, 11) is 0. The summed E-state index contributed by atoms with van der Waals surface area (Å²) in [6.07, 6.45) is 3.28. The fourth-order valence-electron chi connectivity index (χ4n) is 2.52. The Labute approximate surface area is 105 Å². The summed E-state index contributed by atoms with van der Waals surface area (Å²) in [5.41, 5.74) is 2.08. The van der Waals surface area contributed by atoms with Crippen LogP contribution in [0.3, 0.4) is 0 Å². The summed E-state index contributed by atoms with van der Waals surface area (Å²) < 4.78 is 0. The third-order valence-corrected chi connectivity index (χ3v) is 3.83. The first kappa shape index (κ1) is 10.7. The van der Waals surface area contributed by atoms with Gasteiger partial charge in [0.25, 0.3) is 5.91 Å². The van der Waals surface area contributed by atoms with Gasteiger partial charge in [-0.2, -0.15) is 0 Å². The number of H-pyrrole nitrogens is 1. The Balaban J connectivity index is 1.91. The van der Waals surface area contributed by atoms with Crippen LogP contribution in [0.15, 0.2) is 6.33 Å². The molecular weight excluding hydrogens is 236 g/mol. The molecule has 1 aromatic heterocycles. The molecule has 2 aliphatic heterocycles. The highest BCUT2D eigenvalue weighted by Crippen LogP contribution is 2.28. The van der Waals surface area contributed by atoms with Gasteiger partial charge in [0.05, 0.1) is 24.3 Å². The Morgan fingerprint density at radius 1 is 1.65 bits per heavy atom. The number of carbonyl (C=O) groups is 1. The molecule has 0 spiro atoms. The van der Waals surface area contributed by atoms with Crippen molar-refractivity contribution in [1.82, 2.24) is 19.8 Å². The molecule has 0 aliphatic carbocycles. The first-order chi connectivity index (χ1) is 8.22. The van der Waals surface area contributed by atoms with E-state index in [1.807, 2.05) is 4.90 Å². The Bertz CT molecular complexity index is 445. The van der Waals surface area contributed by atoms with Crippen LogP contribution in [0, 0.1) is 0 Å². The van der Waals surface area contributed by atoms with Gasteiger partial charge in [0.2, 0.25) is 0 Å². The summed E-state index contributed by atoms with van der Waals surface area (Å²) in [5.74, 6) is 0.130. The number of hydrogen-bond donors (Lipinski definition) is 1. The average molecular weight is 250 g/mol. The van der Waals surface area contributed by atoms with Gasteiger partial charge in [0, 0.05) is 13.0 Å². The lowest BCUT2D eigenvalue weighted by molar-refractivity contribution is -0.128. The summed E-state index contributed by atoms with van der Waals surface area (Å²) in [6.45, 7) is 3.44. The fourth-order valence-corrected chi connectivity index (χ4v) is 2.89. The lowest BCUT2D eigenvalue weighted by atomic mass is 10.0. The molecule has 1 aromatic rings. The summed E-state index contributed by atoms with van der Waals surface area (Å²) >= 11 is 5.38. The number of amides is 1. The highest BCUT2D eigenvalue weighted by Gasteiger charge is 2.44. The number of aromatic nitrogens is 2. The second-order valence-corrected chi connectivity index (χ2v) is 4.81. The van der Waals surface area contributed by atoms with E-state index >= 15 is 0 Å². The highest BCUT2D eigenvalue weighted by molar-refractivity contribution is 7.80. The Kier molecular flexibility index (Phi) is 2.39. The molecule has 0 radical (unpaired) electrons. The van der Waals surface area contributed by atoms with E-state index in [2.05, 4.69) is 16.9 Å². The molecule has 6 heteroatoms. The lowest BCUT2D eigenvalue weighted by Gasteiger charge is -2.27. The van der Waals surface area contributed by atoms with Crippen LogP contribution in [0.2, 0.25) is 0 Å². The van der Waals surface area contributed by atoms with E-state index in [9.17, 15) is 4.79 Å². The van der Waals surface area contributed by atoms with Gasteiger partial charge in [-0.25, -0.2) is 4.98 Å². The SMILES string of the molecule is CCCN1C(=O)C2Cc3nc[nH]c3CN2C1=S. The second kappa shape index (κ2) is 3.80. The van der Waals surface area contributed by atoms with Crippen molar-refractivity contribution in [2.24, 2.45) is 0 Å². The van der Waals surface area contributed by atoms with E-state index in [0.717, 1.165) is 17.8 Å². The van der Waals surface area contributed by atoms with Gasteiger partial charge in [-0.3, -0.25) is 9.69 Å². The van der Waals surface area contributed by atoms with Crippen molar-refractivity contribution in [2.75, 3.05) is 6.54 Å². The molecule has 3 heterocycles. The second-order valence-electron chi connectivity index (χ2n) is 4.45. The predicted molar refractivity (Wildman–Crippen MR) is 66.2 cm³/mol. The van der Waals surface area contributed by atoms with Crippen molar-refractivity contribution in [3.05, 3.63) is 17.7 Å². The van der Waals surface area contributed by atoms with Gasteiger partial charge in [0.15, 0.2) is 5.11 Å². The smallest absolute Gasteiger partial charge is 0.251 e. The van der Waals surface area contributed by atoms with E-state index in [0.29, 0.717) is 24.6 Å². The highest BCUT2D eigenvalue weighted by atomic mass is 32.1. The predicted octanol–water partition coefficient (Wildman–Crippen LogP) is 0.673. The third-order valence-electron chi connectivity index (χ3n) is 3.37. The molecule has 90 valence electrons. The number of fused-ring (bicyclic) bond motifs is 2. The maximum absolute atomic E-state index is 12.2. The molecule has 3 rings (SSSR count). The normalized spacial score (nSPS) is 23.0. The topological polar surface area (TPSA) is 52.2 Å². The average Bonchev–Trinajstić information content (AvgIpc) is 2.87. The molecule has 0 bridgehead atoms. The quantitative estimate of drug-likeness (QED) is 0.784. The van der Waals surface area contributed by atoms with Gasteiger partial charge < -0.3 is 9.88 Å². The third kappa shape index (κ3) is 1.47. The Morgan fingerprint density at radius 3 is 3.24 bits per heavy atom. The molecular formula is C11H14N4OS. The summed E-state index contributed by atoms with van der Waals surface area (Å²) in [4.78, 5) is 23.3. The van der Waals surface area contributed by atoms with Gasteiger partial charge in [-0.15, -0.1) is 0 Å². The van der Waals surface area contributed by atoms with Gasteiger partial charge in [-0.1, -0.05) is 6.92 Å². The molecule has 2 aliphatic rings. The van der Waals surface area contributed by atoms with Crippen LogP contribution in [0.1, 0.15) is 24.7 Å². The number of imidazole rings is 1. The molecule has 1 N–H and O–H groups in total. The first-order valence-corrected chi connectivity index (χ1v) is 6.26. The minimum atomic E-state index is -0.134. The van der Waals surface area contributed by atoms with Crippen LogP contribution < -0.4 is 0 Å². The van der Waals surface area contributed by atoms with E-state index in [1.165, 1.54) is 0 Å². The van der Waals surface area contributed by atoms with Crippen molar-refractivity contribution in [3.8, 4) is 0 Å². The largest absolute Gasteiger partial charge is 0.347 e. The molecule has 5 nitrogen and oxygen atoms in total. The maximum atomic E-state index is 12.2. The monoisotopic (exact) mass is 250 g/mol. The number of nitrogens with zero attached hydrogens (tertiary/aromatic N) is 3. The number of hydrogen-bond acceptors (Lipinski definition) is 3. The Hall–Kier alpha value is -1.43. The van der Waals surface area contributed by atoms with Crippen molar-refractivity contribution < 1.29 is 4.79 Å². The Morgan fingerprint density at radius 2 is 2.47 bits per heavy atom. The zero-order valence-electron chi connectivity index (χ0n) is 9.64. The van der Waals surface area contributed by atoms with Gasteiger partial charge in [0.1, 0.15) is 6.04 Å². The molecule has 1 unspecified atom stereocenters. The molecule has 17 heavy (non-hydrogen) atoms. The number of rotatable bonds is 2. The number of thiocarbonyl (C=S) groups is 1. The zero-order valence-corrected chi connectivity index (χ0v) is 10.5. The van der Waals surface area contributed by atoms with Crippen LogP contribution in [0.25, 0.3) is 0 Å². The van der Waals surface area contributed by atoms with Crippen LogP contribution >= 0.6 is 12.2 Å². The minimum absolute atomic E-state index is 0.130. The van der Waals surface area contributed by atoms with Crippen molar-refractivity contribution in [3.63, 3.8) is 0 Å². The lowest BCUT2D eigenvalue weighted by Crippen LogP contribution is -2.40. The maximum Gasteiger partial charge on any atom is 0.251 e. The van der Waals surface area contributed by atoms with Crippen molar-refractivity contribution in [1.29, 1.82) is 0 Å². The number of carbonyl (C=O) groups excluding carboxylic acids is 1. The molecule has 1 atom stereocenters. The molecule has 1 amide bonds. The van der Waals surface area contributed by atoms with Gasteiger partial charge >= 0.3 is 0 Å². The van der Waals surface area contributed by atoms with Crippen LogP contribution in [0.4, 0.5) is 0 Å². The zero-order chi connectivity index (χ0) is 12.0. The van der Waals surface area contributed by atoms with Crippen LogP contribution in [-0.2, 0) is 17.8 Å². The number of aromatic amines is 1. The van der Waals surface area contributed by atoms with Crippen LogP contribution in [-0.4, -0.2) is 43.4 Å². The first-order valence-electron chi connectivity index (χ1n) is 5.85. The summed E-state index contributed by atoms with van der Waals surface area (Å²) in [6, 6.07) is -0.134. The van der Waals surface area contributed by atoms with E-state index in [4.69, 9.17) is 12.2 Å². The molecule has 0 aromatic carbocycles. The van der Waals surface area contributed by atoms with E-state index in [1.54, 1.807) is 11.2 Å². The van der Waals surface area contributed by atoms with E-state index < -0.39 is 0 Å². The molecule has 1 fully saturated rings. The summed E-state index contributed by atoms with van der Waals surface area (Å²) in [5, 5.41) is 0.669. The standard InChI is InChI=1S/C11H14N4OS/c1-2-3-14-10(16)9-4-7-8(13-6-12-7)5-15(9)11(14)17/h6,9H,2-5H2,1H3,(H,12,13).